The van der Waals surface area contributed by atoms with Gasteiger partial charge in [0.1, 0.15) is 23.7 Å². The normalized spacial score (nSPS) is 15.0. The first-order valence-corrected chi connectivity index (χ1v) is 12.7. The van der Waals surface area contributed by atoms with Gasteiger partial charge in [0.25, 0.3) is 11.8 Å². The highest BCUT2D eigenvalue weighted by Crippen LogP contribution is 2.34. The van der Waals surface area contributed by atoms with E-state index in [0.29, 0.717) is 22.4 Å². The van der Waals surface area contributed by atoms with Gasteiger partial charge in [-0.2, -0.15) is 0 Å². The lowest BCUT2D eigenvalue weighted by molar-refractivity contribution is -0.122. The fourth-order valence-corrected chi connectivity index (χ4v) is 5.31. The molecule has 1 fully saturated rings. The van der Waals surface area contributed by atoms with E-state index in [1.54, 1.807) is 12.1 Å². The maximum Gasteiger partial charge on any atom is 0.335 e. The van der Waals surface area contributed by atoms with E-state index < -0.39 is 23.7 Å². The van der Waals surface area contributed by atoms with Crippen molar-refractivity contribution in [2.45, 2.75) is 6.61 Å². The molecule has 0 spiro atoms. The molecule has 4 amide bonds. The van der Waals surface area contributed by atoms with E-state index >= 15 is 0 Å². The summed E-state index contributed by atoms with van der Waals surface area (Å²) < 4.78 is 21.8. The van der Waals surface area contributed by atoms with Crippen molar-refractivity contribution in [3.05, 3.63) is 94.8 Å². The van der Waals surface area contributed by atoms with Gasteiger partial charge in [0.15, 0.2) is 0 Å². The number of ether oxygens (including phenoxy) is 1. The number of carbonyl (C=O) groups is 3. The molecule has 0 unspecified atom stereocenters. The molecule has 0 aromatic heterocycles. The van der Waals surface area contributed by atoms with E-state index in [9.17, 15) is 18.8 Å². The second-order valence-corrected chi connectivity index (χ2v) is 10.4. The number of nitrogens with one attached hydrogen (secondary N) is 1. The van der Waals surface area contributed by atoms with E-state index in [0.717, 1.165) is 29.7 Å². The SMILES string of the molecule is O=C1NC(=O)N(c2ccc(F)cc2)C(=O)/C1=C/c1cc(Br)c(OCc2ccc(I)cc2)c(I)c1. The van der Waals surface area contributed by atoms with Gasteiger partial charge in [-0.15, -0.1) is 0 Å². The minimum atomic E-state index is -0.895. The summed E-state index contributed by atoms with van der Waals surface area (Å²) in [6.07, 6.45) is 1.40. The lowest BCUT2D eigenvalue weighted by Gasteiger charge is -2.26. The Hall–Kier alpha value is -2.32. The molecule has 1 aliphatic rings. The fraction of sp³-hybridized carbons (Fsp3) is 0.0417. The van der Waals surface area contributed by atoms with E-state index in [1.165, 1.54) is 18.2 Å². The molecule has 1 saturated heterocycles. The summed E-state index contributed by atoms with van der Waals surface area (Å²) in [5.74, 6) is -1.49. The molecular formula is C24H14BrFI2N2O4. The summed E-state index contributed by atoms with van der Waals surface area (Å²) >= 11 is 7.85. The van der Waals surface area contributed by atoms with Gasteiger partial charge in [0.05, 0.1) is 13.7 Å². The molecular weight excluding hydrogens is 733 g/mol. The first-order chi connectivity index (χ1) is 16.2. The molecule has 3 aromatic carbocycles. The van der Waals surface area contributed by atoms with Gasteiger partial charge in [-0.1, -0.05) is 12.1 Å². The highest BCUT2D eigenvalue weighted by molar-refractivity contribution is 14.1. The third kappa shape index (κ3) is 5.49. The quantitative estimate of drug-likeness (QED) is 0.196. The van der Waals surface area contributed by atoms with E-state index in [-0.39, 0.29) is 11.3 Å². The van der Waals surface area contributed by atoms with E-state index in [1.807, 2.05) is 24.3 Å². The Morgan fingerprint density at radius 1 is 1.00 bits per heavy atom. The monoisotopic (exact) mass is 746 g/mol. The lowest BCUT2D eigenvalue weighted by Crippen LogP contribution is -2.54. The molecule has 1 heterocycles. The predicted molar refractivity (Wildman–Crippen MR) is 146 cm³/mol. The Bertz CT molecular complexity index is 1300. The molecule has 0 aliphatic carbocycles. The summed E-state index contributed by atoms with van der Waals surface area (Å²) in [6, 6.07) is 15.4. The second kappa shape index (κ2) is 10.5. The zero-order valence-corrected chi connectivity index (χ0v) is 23.1. The molecule has 10 heteroatoms. The zero-order valence-electron chi connectivity index (χ0n) is 17.2. The molecule has 34 heavy (non-hydrogen) atoms. The van der Waals surface area contributed by atoms with Crippen molar-refractivity contribution in [1.82, 2.24) is 5.32 Å². The van der Waals surface area contributed by atoms with Crippen LogP contribution in [0.5, 0.6) is 5.75 Å². The molecule has 0 radical (unpaired) electrons. The molecule has 6 nitrogen and oxygen atoms in total. The van der Waals surface area contributed by atoms with Crippen LogP contribution in [0.3, 0.4) is 0 Å². The number of barbiturate groups is 1. The molecule has 3 aromatic rings. The number of benzene rings is 3. The van der Waals surface area contributed by atoms with Crippen LogP contribution in [0, 0.1) is 13.0 Å². The molecule has 0 bridgehead atoms. The molecule has 0 atom stereocenters. The van der Waals surface area contributed by atoms with Crippen LogP contribution in [0.25, 0.3) is 6.08 Å². The van der Waals surface area contributed by atoms with Crippen molar-refractivity contribution >= 4 is 90.7 Å². The van der Waals surface area contributed by atoms with E-state index in [2.05, 4.69) is 66.4 Å². The van der Waals surface area contributed by atoms with Crippen LogP contribution in [0.2, 0.25) is 0 Å². The average molecular weight is 747 g/mol. The number of urea groups is 1. The van der Waals surface area contributed by atoms with Gasteiger partial charge in [0.2, 0.25) is 0 Å². The number of hydrogen-bond acceptors (Lipinski definition) is 4. The van der Waals surface area contributed by atoms with Crippen LogP contribution < -0.4 is 15.0 Å². The van der Waals surface area contributed by atoms with Crippen LogP contribution in [-0.2, 0) is 16.2 Å². The Morgan fingerprint density at radius 3 is 2.32 bits per heavy atom. The van der Waals surface area contributed by atoms with Gasteiger partial charge < -0.3 is 4.74 Å². The third-order valence-corrected chi connectivity index (χ3v) is 6.92. The van der Waals surface area contributed by atoms with Gasteiger partial charge in [-0.25, -0.2) is 14.1 Å². The van der Waals surface area contributed by atoms with Crippen LogP contribution >= 0.6 is 61.1 Å². The summed E-state index contributed by atoms with van der Waals surface area (Å²) in [5, 5.41) is 2.15. The Balaban J connectivity index is 1.60. The number of amides is 4. The highest BCUT2D eigenvalue weighted by atomic mass is 127. The largest absolute Gasteiger partial charge is 0.487 e. The first-order valence-electron chi connectivity index (χ1n) is 9.76. The minimum Gasteiger partial charge on any atom is -0.487 e. The van der Waals surface area contributed by atoms with Crippen LogP contribution in [0.15, 0.2) is 70.7 Å². The first kappa shape index (κ1) is 24.8. The third-order valence-electron chi connectivity index (χ3n) is 4.81. The molecule has 1 N–H and O–H groups in total. The van der Waals surface area contributed by atoms with Crippen LogP contribution in [0.4, 0.5) is 14.9 Å². The molecule has 1 aliphatic heterocycles. The molecule has 172 valence electrons. The van der Waals surface area contributed by atoms with Crippen molar-refractivity contribution in [3.63, 3.8) is 0 Å². The minimum absolute atomic E-state index is 0.150. The van der Waals surface area contributed by atoms with Crippen molar-refractivity contribution in [1.29, 1.82) is 0 Å². The summed E-state index contributed by atoms with van der Waals surface area (Å²) in [5.41, 5.74) is 1.51. The maximum atomic E-state index is 13.3. The number of carbonyl (C=O) groups excluding carboxylic acids is 3. The second-order valence-electron chi connectivity index (χ2n) is 7.16. The molecule has 0 saturated carbocycles. The average Bonchev–Trinajstić information content (AvgIpc) is 2.78. The van der Waals surface area contributed by atoms with Crippen molar-refractivity contribution in [3.8, 4) is 5.75 Å². The zero-order chi connectivity index (χ0) is 24.4. The lowest BCUT2D eigenvalue weighted by atomic mass is 10.1. The van der Waals surface area contributed by atoms with Gasteiger partial charge >= 0.3 is 6.03 Å². The van der Waals surface area contributed by atoms with Gasteiger partial charge in [-0.3, -0.25) is 14.9 Å². The fourth-order valence-electron chi connectivity index (χ4n) is 3.19. The Kier molecular flexibility index (Phi) is 7.67. The van der Waals surface area contributed by atoms with Gasteiger partial charge in [0, 0.05) is 3.57 Å². The van der Waals surface area contributed by atoms with Crippen LogP contribution in [-0.4, -0.2) is 17.8 Å². The Labute approximate surface area is 230 Å². The number of imide groups is 2. The summed E-state index contributed by atoms with van der Waals surface area (Å²) in [7, 11) is 0. The topological polar surface area (TPSA) is 75.7 Å². The number of anilines is 1. The molecule has 4 rings (SSSR count). The smallest absolute Gasteiger partial charge is 0.335 e. The number of rotatable bonds is 5. The maximum absolute atomic E-state index is 13.3. The van der Waals surface area contributed by atoms with Crippen molar-refractivity contribution in [2.24, 2.45) is 0 Å². The number of halogens is 4. The van der Waals surface area contributed by atoms with Crippen molar-refractivity contribution in [2.75, 3.05) is 4.90 Å². The summed E-state index contributed by atoms with van der Waals surface area (Å²) in [4.78, 5) is 38.5. The number of hydrogen-bond donors (Lipinski definition) is 1. The van der Waals surface area contributed by atoms with E-state index in [4.69, 9.17) is 4.74 Å². The standard InChI is InChI=1S/C24H14BrFI2N2O4/c25-19-10-14(11-20(28)21(19)34-12-13-1-5-16(27)6-2-13)9-18-22(31)29-24(33)30(23(18)32)17-7-3-15(26)4-8-17/h1-11H,12H2,(H,29,31,33)/b18-9+. The number of nitrogens with zero attached hydrogens (tertiary/aromatic N) is 1. The Morgan fingerprint density at radius 2 is 1.68 bits per heavy atom. The highest BCUT2D eigenvalue weighted by Gasteiger charge is 2.36. The predicted octanol–water partition coefficient (Wildman–Crippen LogP) is 6.04. The van der Waals surface area contributed by atoms with Gasteiger partial charge in [-0.05, 0) is 127 Å². The van der Waals surface area contributed by atoms with Crippen molar-refractivity contribution < 1.29 is 23.5 Å². The van der Waals surface area contributed by atoms with Crippen LogP contribution in [0.1, 0.15) is 11.1 Å². The summed E-state index contributed by atoms with van der Waals surface area (Å²) in [6.45, 7) is 0.377.